The molecule has 3 aromatic rings. The lowest BCUT2D eigenvalue weighted by molar-refractivity contribution is -0.0511. The Balaban J connectivity index is 1.38. The van der Waals surface area contributed by atoms with Gasteiger partial charge in [-0.25, -0.2) is 9.99 Å². The number of nitrogens with zero attached hydrogens (tertiary/aromatic N) is 5. The van der Waals surface area contributed by atoms with E-state index in [9.17, 15) is 15.3 Å². The van der Waals surface area contributed by atoms with Crippen LogP contribution in [0.1, 0.15) is 25.5 Å². The molecule has 0 bridgehead atoms. The number of imidazole rings is 1. The molecule has 2 aliphatic rings. The zero-order chi connectivity index (χ0) is 23.7. The zero-order valence-corrected chi connectivity index (χ0v) is 19.9. The van der Waals surface area contributed by atoms with E-state index in [1.807, 2.05) is 30.0 Å². The minimum absolute atomic E-state index is 0.0238. The largest absolute Gasteiger partial charge is 0.394 e. The first-order valence-electron chi connectivity index (χ1n) is 11.3. The molecular formula is C22H27ClN6O4S. The van der Waals surface area contributed by atoms with Crippen LogP contribution in [0.2, 0.25) is 5.28 Å². The van der Waals surface area contributed by atoms with Crippen LogP contribution in [-0.4, -0.2) is 83.1 Å². The van der Waals surface area contributed by atoms with Crippen LogP contribution in [0.3, 0.4) is 0 Å². The number of hydrogen-bond donors (Lipinski definition) is 4. The first kappa shape index (κ1) is 23.7. The predicted molar refractivity (Wildman–Crippen MR) is 128 cm³/mol. The number of anilines is 1. The highest BCUT2D eigenvalue weighted by Gasteiger charge is 2.44. The van der Waals surface area contributed by atoms with Crippen molar-refractivity contribution in [2.75, 3.05) is 24.3 Å². The molecule has 182 valence electrons. The Labute approximate surface area is 205 Å². The summed E-state index contributed by atoms with van der Waals surface area (Å²) in [6.45, 7) is 0.444. The third kappa shape index (κ3) is 4.74. The van der Waals surface area contributed by atoms with Crippen LogP contribution in [0.4, 0.5) is 5.82 Å². The van der Waals surface area contributed by atoms with Crippen LogP contribution >= 0.6 is 23.4 Å². The molecular weight excluding hydrogens is 480 g/mol. The second kappa shape index (κ2) is 10.3. The van der Waals surface area contributed by atoms with E-state index in [1.165, 1.54) is 15.8 Å². The molecule has 34 heavy (non-hydrogen) atoms. The molecule has 0 radical (unpaired) electrons. The number of piperidine rings is 1. The summed E-state index contributed by atoms with van der Waals surface area (Å²) in [7, 11) is 0. The number of fused-ring (bicyclic) bond motifs is 1. The molecule has 12 heteroatoms. The average molecular weight is 507 g/mol. The molecule has 2 fully saturated rings. The summed E-state index contributed by atoms with van der Waals surface area (Å²) in [6.07, 6.45) is 0.437. The lowest BCUT2D eigenvalue weighted by Crippen LogP contribution is -2.45. The molecule has 3 unspecified atom stereocenters. The summed E-state index contributed by atoms with van der Waals surface area (Å²) in [6, 6.07) is 10.6. The number of hydrogen-bond acceptors (Lipinski definition) is 10. The number of benzene rings is 1. The fraction of sp³-hybridized carbons (Fsp3) is 0.500. The van der Waals surface area contributed by atoms with Crippen LogP contribution in [0.15, 0.2) is 41.6 Å². The summed E-state index contributed by atoms with van der Waals surface area (Å²) >= 11 is 8.08. The zero-order valence-electron chi connectivity index (χ0n) is 18.4. The number of halogens is 1. The Bertz CT molecular complexity index is 1120. The number of nitrogens with one attached hydrogen (secondary N) is 1. The Morgan fingerprint density at radius 2 is 1.97 bits per heavy atom. The van der Waals surface area contributed by atoms with Gasteiger partial charge in [-0.1, -0.05) is 24.6 Å². The molecule has 2 aliphatic heterocycles. The number of aromatic nitrogens is 4. The van der Waals surface area contributed by atoms with Crippen molar-refractivity contribution in [3.8, 4) is 0 Å². The van der Waals surface area contributed by atoms with Crippen molar-refractivity contribution in [2.45, 2.75) is 54.7 Å². The SMILES string of the molecule is OC[C@H]1O[C@@H](n2cnc3c(NN4CCCCC4CSc4ccccc4)nc(Cl)nc32)C(O)C1O. The van der Waals surface area contributed by atoms with E-state index < -0.39 is 31.1 Å². The molecule has 0 aliphatic carbocycles. The molecule has 2 saturated heterocycles. The van der Waals surface area contributed by atoms with E-state index in [2.05, 4.69) is 37.5 Å². The van der Waals surface area contributed by atoms with E-state index in [-0.39, 0.29) is 5.28 Å². The second-order valence-corrected chi connectivity index (χ2v) is 9.90. The van der Waals surface area contributed by atoms with Crippen LogP contribution in [0.5, 0.6) is 0 Å². The maximum absolute atomic E-state index is 10.4. The predicted octanol–water partition coefficient (Wildman–Crippen LogP) is 2.06. The Hall–Kier alpha value is -1.99. The Morgan fingerprint density at radius 3 is 2.74 bits per heavy atom. The molecule has 5 atom stereocenters. The number of ether oxygens (including phenoxy) is 1. The fourth-order valence-electron chi connectivity index (χ4n) is 4.43. The molecule has 10 nitrogen and oxygen atoms in total. The van der Waals surface area contributed by atoms with Gasteiger partial charge in [0, 0.05) is 23.2 Å². The van der Waals surface area contributed by atoms with Gasteiger partial charge in [-0.3, -0.25) is 4.57 Å². The monoisotopic (exact) mass is 506 g/mol. The Morgan fingerprint density at radius 1 is 1.15 bits per heavy atom. The summed E-state index contributed by atoms with van der Waals surface area (Å²) in [5, 5.41) is 32.2. The van der Waals surface area contributed by atoms with Gasteiger partial charge in [0.05, 0.1) is 12.9 Å². The van der Waals surface area contributed by atoms with Crippen LogP contribution < -0.4 is 5.43 Å². The molecule has 0 saturated carbocycles. The summed E-state index contributed by atoms with van der Waals surface area (Å²) in [5.41, 5.74) is 4.25. The highest BCUT2D eigenvalue weighted by Crippen LogP contribution is 2.33. The fourth-order valence-corrected chi connectivity index (χ4v) is 5.68. The van der Waals surface area contributed by atoms with E-state index in [0.29, 0.717) is 23.0 Å². The molecule has 4 heterocycles. The van der Waals surface area contributed by atoms with Gasteiger partial charge in [-0.2, -0.15) is 9.97 Å². The van der Waals surface area contributed by atoms with Crippen molar-refractivity contribution in [3.05, 3.63) is 41.9 Å². The van der Waals surface area contributed by atoms with E-state index in [4.69, 9.17) is 16.3 Å². The minimum atomic E-state index is -1.25. The van der Waals surface area contributed by atoms with Gasteiger partial charge in [0.25, 0.3) is 0 Å². The smallest absolute Gasteiger partial charge is 0.226 e. The van der Waals surface area contributed by atoms with Gasteiger partial charge in [-0.15, -0.1) is 11.8 Å². The van der Waals surface area contributed by atoms with Crippen molar-refractivity contribution in [3.63, 3.8) is 0 Å². The molecule has 0 amide bonds. The number of thioether (sulfide) groups is 1. The molecule has 1 aromatic carbocycles. The van der Waals surface area contributed by atoms with Gasteiger partial charge < -0.3 is 25.5 Å². The van der Waals surface area contributed by atoms with Crippen LogP contribution in [0, 0.1) is 0 Å². The number of rotatable bonds is 7. The van der Waals surface area contributed by atoms with E-state index in [0.717, 1.165) is 31.6 Å². The minimum Gasteiger partial charge on any atom is -0.394 e. The van der Waals surface area contributed by atoms with Crippen molar-refractivity contribution in [2.24, 2.45) is 0 Å². The van der Waals surface area contributed by atoms with Gasteiger partial charge in [0.1, 0.15) is 18.3 Å². The standard InChI is InChI=1S/C22H27ClN6O4S/c23-22-25-19(27-29-9-5-4-6-13(29)11-34-14-7-2-1-3-8-14)16-20(26-22)28(12-24-16)21-18(32)17(31)15(10-30)33-21/h1-3,7-8,12-13,15,17-18,21,30-32H,4-6,9-11H2,(H,25,26,27)/t13?,15-,17?,18?,21-/m1/s1. The maximum atomic E-state index is 10.4. The summed E-state index contributed by atoms with van der Waals surface area (Å²) < 4.78 is 7.15. The molecule has 4 N–H and O–H groups in total. The van der Waals surface area contributed by atoms with Crippen molar-refractivity contribution in [1.29, 1.82) is 0 Å². The topological polar surface area (TPSA) is 129 Å². The molecule has 2 aromatic heterocycles. The van der Waals surface area contributed by atoms with Crippen molar-refractivity contribution in [1.82, 2.24) is 24.5 Å². The quantitative estimate of drug-likeness (QED) is 0.279. The van der Waals surface area contributed by atoms with Crippen molar-refractivity contribution < 1.29 is 20.1 Å². The summed E-state index contributed by atoms with van der Waals surface area (Å²) in [5.74, 6) is 1.40. The highest BCUT2D eigenvalue weighted by atomic mass is 35.5. The molecule has 0 spiro atoms. The normalized spacial score (nSPS) is 27.9. The third-order valence-corrected chi connectivity index (χ3v) is 7.57. The third-order valence-electron chi connectivity index (χ3n) is 6.25. The first-order valence-corrected chi connectivity index (χ1v) is 12.6. The van der Waals surface area contributed by atoms with E-state index in [1.54, 1.807) is 0 Å². The van der Waals surface area contributed by atoms with E-state index >= 15 is 0 Å². The average Bonchev–Trinajstić information content (AvgIpc) is 3.39. The number of aliphatic hydroxyl groups is 3. The van der Waals surface area contributed by atoms with Crippen LogP contribution in [-0.2, 0) is 4.74 Å². The second-order valence-electron chi connectivity index (χ2n) is 8.47. The van der Waals surface area contributed by atoms with Crippen molar-refractivity contribution >= 4 is 40.3 Å². The number of hydrazine groups is 1. The highest BCUT2D eigenvalue weighted by molar-refractivity contribution is 7.99. The summed E-state index contributed by atoms with van der Waals surface area (Å²) in [4.78, 5) is 14.4. The number of aliphatic hydroxyl groups excluding tert-OH is 3. The lowest BCUT2D eigenvalue weighted by Gasteiger charge is -2.35. The maximum Gasteiger partial charge on any atom is 0.226 e. The van der Waals surface area contributed by atoms with Gasteiger partial charge >= 0.3 is 0 Å². The van der Waals surface area contributed by atoms with Crippen LogP contribution in [0.25, 0.3) is 11.2 Å². The van der Waals surface area contributed by atoms with Gasteiger partial charge in [0.2, 0.25) is 5.28 Å². The van der Waals surface area contributed by atoms with Gasteiger partial charge in [0.15, 0.2) is 23.2 Å². The van der Waals surface area contributed by atoms with Gasteiger partial charge in [-0.05, 0) is 36.6 Å². The lowest BCUT2D eigenvalue weighted by atomic mass is 10.1. The molecule has 5 rings (SSSR count). The first-order chi connectivity index (χ1) is 16.5. The Kier molecular flexibility index (Phi) is 7.21.